The van der Waals surface area contributed by atoms with Gasteiger partial charge in [0.2, 0.25) is 0 Å². The molecule has 3 nitrogen and oxygen atoms in total. The van der Waals surface area contributed by atoms with Gasteiger partial charge in [-0.1, -0.05) is 23.2 Å². The lowest BCUT2D eigenvalue weighted by Gasteiger charge is -2.12. The van der Waals surface area contributed by atoms with Gasteiger partial charge in [-0.15, -0.1) is 0 Å². The number of halogens is 2. The highest BCUT2D eigenvalue weighted by atomic mass is 35.5. The van der Waals surface area contributed by atoms with Gasteiger partial charge in [-0.05, 0) is 31.2 Å². The average Bonchev–Trinajstić information content (AvgIpc) is 2.70. The standard InChI is InChI=1S/C11H12Cl2N2O/c12-7-1-2-9(10(13)5-7)11(16)15-8-3-4-14-6-8/h1-2,5,8,14H,3-4,6H2,(H,15,16). The number of carbonyl (C=O) groups is 1. The first-order valence-electron chi connectivity index (χ1n) is 5.13. The summed E-state index contributed by atoms with van der Waals surface area (Å²) in [6.45, 7) is 1.76. The van der Waals surface area contributed by atoms with E-state index in [1.165, 1.54) is 0 Å². The summed E-state index contributed by atoms with van der Waals surface area (Å²) in [5.41, 5.74) is 0.470. The van der Waals surface area contributed by atoms with Crippen LogP contribution in [0, 0.1) is 0 Å². The quantitative estimate of drug-likeness (QED) is 0.853. The Balaban J connectivity index is 2.08. The van der Waals surface area contributed by atoms with E-state index in [1.807, 2.05) is 0 Å². The van der Waals surface area contributed by atoms with Gasteiger partial charge in [-0.25, -0.2) is 0 Å². The molecule has 5 heteroatoms. The van der Waals surface area contributed by atoms with Crippen molar-refractivity contribution in [2.75, 3.05) is 13.1 Å². The molecule has 1 aromatic rings. The molecule has 0 aliphatic carbocycles. The molecule has 1 heterocycles. The van der Waals surface area contributed by atoms with E-state index in [1.54, 1.807) is 18.2 Å². The molecule has 1 aromatic carbocycles. The molecule has 86 valence electrons. The second-order valence-corrected chi connectivity index (χ2v) is 4.63. The highest BCUT2D eigenvalue weighted by Gasteiger charge is 2.18. The van der Waals surface area contributed by atoms with Crippen LogP contribution in [0.2, 0.25) is 10.0 Å². The number of rotatable bonds is 2. The molecule has 0 saturated carbocycles. The summed E-state index contributed by atoms with van der Waals surface area (Å²) in [5.74, 6) is -0.143. The van der Waals surface area contributed by atoms with Crippen LogP contribution in [0.1, 0.15) is 16.8 Å². The topological polar surface area (TPSA) is 41.1 Å². The molecule has 0 radical (unpaired) electrons. The monoisotopic (exact) mass is 258 g/mol. The second kappa shape index (κ2) is 5.04. The fourth-order valence-electron chi connectivity index (χ4n) is 1.71. The van der Waals surface area contributed by atoms with Crippen LogP contribution in [0.25, 0.3) is 0 Å². The summed E-state index contributed by atoms with van der Waals surface area (Å²) in [4.78, 5) is 11.9. The van der Waals surface area contributed by atoms with E-state index in [-0.39, 0.29) is 11.9 Å². The Bertz CT molecular complexity index is 403. The Morgan fingerprint density at radius 3 is 2.88 bits per heavy atom. The van der Waals surface area contributed by atoms with E-state index in [0.717, 1.165) is 19.5 Å². The molecular weight excluding hydrogens is 247 g/mol. The predicted octanol–water partition coefficient (Wildman–Crippen LogP) is 2.09. The van der Waals surface area contributed by atoms with E-state index in [2.05, 4.69) is 10.6 Å². The zero-order valence-corrected chi connectivity index (χ0v) is 10.1. The van der Waals surface area contributed by atoms with Crippen LogP contribution < -0.4 is 10.6 Å². The average molecular weight is 259 g/mol. The lowest BCUT2D eigenvalue weighted by Crippen LogP contribution is -2.36. The Hall–Kier alpha value is -0.770. The summed E-state index contributed by atoms with van der Waals surface area (Å²) in [6, 6.07) is 5.07. The first-order chi connectivity index (χ1) is 7.66. The van der Waals surface area contributed by atoms with Crippen molar-refractivity contribution in [2.24, 2.45) is 0 Å². The Morgan fingerprint density at radius 2 is 2.25 bits per heavy atom. The van der Waals surface area contributed by atoms with Crippen LogP contribution in [0.4, 0.5) is 0 Å². The fourth-order valence-corrected chi connectivity index (χ4v) is 2.21. The zero-order chi connectivity index (χ0) is 11.5. The summed E-state index contributed by atoms with van der Waals surface area (Å²) in [6.07, 6.45) is 0.955. The van der Waals surface area contributed by atoms with Crippen molar-refractivity contribution < 1.29 is 4.79 Å². The van der Waals surface area contributed by atoms with Crippen LogP contribution in [-0.4, -0.2) is 25.0 Å². The van der Waals surface area contributed by atoms with Crippen LogP contribution in [0.5, 0.6) is 0 Å². The van der Waals surface area contributed by atoms with Crippen molar-refractivity contribution in [1.29, 1.82) is 0 Å². The van der Waals surface area contributed by atoms with Gasteiger partial charge in [-0.2, -0.15) is 0 Å². The van der Waals surface area contributed by atoms with Crippen molar-refractivity contribution in [3.63, 3.8) is 0 Å². The molecule has 16 heavy (non-hydrogen) atoms. The number of hydrogen-bond acceptors (Lipinski definition) is 2. The molecule has 0 spiro atoms. The van der Waals surface area contributed by atoms with Crippen LogP contribution in [0.15, 0.2) is 18.2 Å². The minimum absolute atomic E-state index is 0.143. The molecule has 1 aliphatic heterocycles. The van der Waals surface area contributed by atoms with E-state index in [9.17, 15) is 4.79 Å². The van der Waals surface area contributed by atoms with E-state index in [0.29, 0.717) is 15.6 Å². The Labute approximate surface area is 104 Å². The van der Waals surface area contributed by atoms with Gasteiger partial charge in [0.15, 0.2) is 0 Å². The van der Waals surface area contributed by atoms with Crippen molar-refractivity contribution in [3.05, 3.63) is 33.8 Å². The molecule has 2 N–H and O–H groups in total. The first-order valence-corrected chi connectivity index (χ1v) is 5.89. The molecule has 1 atom stereocenters. The second-order valence-electron chi connectivity index (χ2n) is 3.79. The number of hydrogen-bond donors (Lipinski definition) is 2. The molecule has 1 amide bonds. The fraction of sp³-hybridized carbons (Fsp3) is 0.364. The van der Waals surface area contributed by atoms with Gasteiger partial charge in [-0.3, -0.25) is 4.79 Å². The van der Waals surface area contributed by atoms with Gasteiger partial charge in [0.1, 0.15) is 0 Å². The third kappa shape index (κ3) is 2.67. The van der Waals surface area contributed by atoms with E-state index in [4.69, 9.17) is 23.2 Å². The number of carbonyl (C=O) groups excluding carboxylic acids is 1. The molecule has 1 fully saturated rings. The third-order valence-corrected chi connectivity index (χ3v) is 3.12. The Kier molecular flexibility index (Phi) is 3.69. The molecule has 1 unspecified atom stereocenters. The first kappa shape index (κ1) is 11.7. The van der Waals surface area contributed by atoms with Crippen molar-refractivity contribution in [3.8, 4) is 0 Å². The van der Waals surface area contributed by atoms with Gasteiger partial charge in [0.05, 0.1) is 10.6 Å². The minimum atomic E-state index is -0.143. The van der Waals surface area contributed by atoms with Crippen LogP contribution in [-0.2, 0) is 0 Å². The summed E-state index contributed by atoms with van der Waals surface area (Å²) in [5, 5.41) is 7.03. The largest absolute Gasteiger partial charge is 0.348 e. The molecule has 2 rings (SSSR count). The van der Waals surface area contributed by atoms with Gasteiger partial charge >= 0.3 is 0 Å². The zero-order valence-electron chi connectivity index (χ0n) is 8.59. The summed E-state index contributed by atoms with van der Waals surface area (Å²) in [7, 11) is 0. The summed E-state index contributed by atoms with van der Waals surface area (Å²) >= 11 is 11.7. The lowest BCUT2D eigenvalue weighted by molar-refractivity contribution is 0.0940. The van der Waals surface area contributed by atoms with Crippen molar-refractivity contribution >= 4 is 29.1 Å². The SMILES string of the molecule is O=C(NC1CCNC1)c1ccc(Cl)cc1Cl. The molecule has 1 saturated heterocycles. The highest BCUT2D eigenvalue weighted by Crippen LogP contribution is 2.21. The highest BCUT2D eigenvalue weighted by molar-refractivity contribution is 6.36. The maximum absolute atomic E-state index is 11.9. The predicted molar refractivity (Wildman–Crippen MR) is 65.2 cm³/mol. The molecule has 1 aliphatic rings. The van der Waals surface area contributed by atoms with Crippen molar-refractivity contribution in [1.82, 2.24) is 10.6 Å². The van der Waals surface area contributed by atoms with Crippen LogP contribution in [0.3, 0.4) is 0 Å². The smallest absolute Gasteiger partial charge is 0.253 e. The van der Waals surface area contributed by atoms with Gasteiger partial charge in [0.25, 0.3) is 5.91 Å². The normalized spacial score (nSPS) is 19.8. The maximum Gasteiger partial charge on any atom is 0.253 e. The third-order valence-electron chi connectivity index (χ3n) is 2.57. The molecule has 0 bridgehead atoms. The van der Waals surface area contributed by atoms with E-state index < -0.39 is 0 Å². The number of nitrogens with one attached hydrogen (secondary N) is 2. The minimum Gasteiger partial charge on any atom is -0.348 e. The molecular formula is C11H12Cl2N2O. The lowest BCUT2D eigenvalue weighted by atomic mass is 10.2. The number of amides is 1. The van der Waals surface area contributed by atoms with Crippen molar-refractivity contribution in [2.45, 2.75) is 12.5 Å². The van der Waals surface area contributed by atoms with Gasteiger partial charge < -0.3 is 10.6 Å². The summed E-state index contributed by atoms with van der Waals surface area (Å²) < 4.78 is 0. The van der Waals surface area contributed by atoms with E-state index >= 15 is 0 Å². The maximum atomic E-state index is 11.9. The number of benzene rings is 1. The Morgan fingerprint density at radius 1 is 1.44 bits per heavy atom. The van der Waals surface area contributed by atoms with Gasteiger partial charge in [0, 0.05) is 17.6 Å². The molecule has 0 aromatic heterocycles. The van der Waals surface area contributed by atoms with Crippen LogP contribution >= 0.6 is 23.2 Å².